The number of hydrogen-bond acceptors (Lipinski definition) is 4. The summed E-state index contributed by atoms with van der Waals surface area (Å²) in [7, 11) is -3.61. The first-order valence-electron chi connectivity index (χ1n) is 5.74. The van der Waals surface area contributed by atoms with Gasteiger partial charge in [-0.1, -0.05) is 30.3 Å². The molecule has 0 bridgehead atoms. The molecule has 0 amide bonds. The highest BCUT2D eigenvalue weighted by molar-refractivity contribution is 7.93. The fourth-order valence-electron chi connectivity index (χ4n) is 1.56. The lowest BCUT2D eigenvalue weighted by molar-refractivity contribution is -0.139. The Kier molecular flexibility index (Phi) is 4.51. The van der Waals surface area contributed by atoms with Crippen LogP contribution in [-0.4, -0.2) is 26.7 Å². The first-order chi connectivity index (χ1) is 8.31. The Balaban J connectivity index is 3.01. The van der Waals surface area contributed by atoms with Gasteiger partial charge in [0.15, 0.2) is 9.84 Å². The summed E-state index contributed by atoms with van der Waals surface area (Å²) in [6, 6.07) is 8.84. The molecule has 0 saturated carbocycles. The number of hydrogen-bond donors (Lipinski definition) is 0. The Bertz CT molecular complexity index is 503. The van der Waals surface area contributed by atoms with E-state index in [0.717, 1.165) is 0 Å². The topological polar surface area (TPSA) is 60.4 Å². The van der Waals surface area contributed by atoms with Crippen molar-refractivity contribution in [2.45, 2.75) is 25.5 Å². The summed E-state index contributed by atoms with van der Waals surface area (Å²) in [4.78, 5) is 11.3. The maximum atomic E-state index is 12.2. The molecule has 1 aromatic rings. The fourth-order valence-corrected chi connectivity index (χ4v) is 2.81. The van der Waals surface area contributed by atoms with E-state index in [0.29, 0.717) is 5.56 Å². The van der Waals surface area contributed by atoms with Gasteiger partial charge in [0.05, 0.1) is 11.4 Å². The van der Waals surface area contributed by atoms with E-state index in [9.17, 15) is 13.2 Å². The summed E-state index contributed by atoms with van der Waals surface area (Å²) in [5.41, 5.74) is 0.661. The third-order valence-electron chi connectivity index (χ3n) is 2.86. The summed E-state index contributed by atoms with van der Waals surface area (Å²) in [5.74, 6) is -1.30. The zero-order valence-corrected chi connectivity index (χ0v) is 11.7. The van der Waals surface area contributed by atoms with Crippen LogP contribution in [0.3, 0.4) is 0 Å². The van der Waals surface area contributed by atoms with Crippen molar-refractivity contribution in [2.75, 3.05) is 12.4 Å². The predicted molar refractivity (Wildman–Crippen MR) is 69.9 cm³/mol. The van der Waals surface area contributed by atoms with Crippen LogP contribution in [0.5, 0.6) is 0 Å². The standard InChI is InChI=1S/C13H18O4S/c1-4-17-12(14)10-18(15,16)13(2,3)11-8-6-5-7-9-11/h5-9H,4,10H2,1-3H3. The molecule has 0 radical (unpaired) electrons. The van der Waals surface area contributed by atoms with Gasteiger partial charge in [-0.2, -0.15) is 0 Å². The first-order valence-corrected chi connectivity index (χ1v) is 7.40. The maximum Gasteiger partial charge on any atom is 0.321 e. The maximum absolute atomic E-state index is 12.2. The summed E-state index contributed by atoms with van der Waals surface area (Å²) in [5, 5.41) is 0. The van der Waals surface area contributed by atoms with Crippen LogP contribution in [0.2, 0.25) is 0 Å². The van der Waals surface area contributed by atoms with Gasteiger partial charge in [-0.3, -0.25) is 4.79 Å². The molecule has 1 rings (SSSR count). The number of benzene rings is 1. The molecule has 18 heavy (non-hydrogen) atoms. The number of rotatable bonds is 5. The average Bonchev–Trinajstić information content (AvgIpc) is 2.29. The highest BCUT2D eigenvalue weighted by Gasteiger charge is 2.37. The van der Waals surface area contributed by atoms with Crippen molar-refractivity contribution < 1.29 is 17.9 Å². The van der Waals surface area contributed by atoms with E-state index in [4.69, 9.17) is 4.74 Å². The summed E-state index contributed by atoms with van der Waals surface area (Å²) < 4.78 is 28.1. The summed E-state index contributed by atoms with van der Waals surface area (Å²) >= 11 is 0. The molecule has 4 nitrogen and oxygen atoms in total. The number of carbonyl (C=O) groups is 1. The van der Waals surface area contributed by atoms with Gasteiger partial charge in [0.2, 0.25) is 0 Å². The molecule has 0 saturated heterocycles. The van der Waals surface area contributed by atoms with E-state index in [1.807, 2.05) is 6.07 Å². The number of sulfone groups is 1. The third kappa shape index (κ3) is 3.10. The second-order valence-electron chi connectivity index (χ2n) is 4.44. The van der Waals surface area contributed by atoms with Gasteiger partial charge in [-0.25, -0.2) is 8.42 Å². The smallest absolute Gasteiger partial charge is 0.321 e. The van der Waals surface area contributed by atoms with E-state index in [1.165, 1.54) is 0 Å². The number of ether oxygens (including phenoxy) is 1. The van der Waals surface area contributed by atoms with Gasteiger partial charge in [-0.05, 0) is 26.3 Å². The molecule has 0 aliphatic carbocycles. The second-order valence-corrected chi connectivity index (χ2v) is 6.98. The molecule has 0 atom stereocenters. The molecule has 0 aliphatic heterocycles. The van der Waals surface area contributed by atoms with E-state index in [1.54, 1.807) is 45.0 Å². The highest BCUT2D eigenvalue weighted by Crippen LogP contribution is 2.30. The molecule has 0 unspecified atom stereocenters. The Hall–Kier alpha value is -1.36. The third-order valence-corrected chi connectivity index (χ3v) is 5.27. The molecular formula is C13H18O4S. The minimum Gasteiger partial charge on any atom is -0.465 e. The minimum atomic E-state index is -3.61. The fraction of sp³-hybridized carbons (Fsp3) is 0.462. The lowest BCUT2D eigenvalue weighted by Gasteiger charge is -2.24. The Morgan fingerprint density at radius 2 is 1.78 bits per heavy atom. The van der Waals surface area contributed by atoms with Gasteiger partial charge in [0.1, 0.15) is 5.75 Å². The van der Waals surface area contributed by atoms with Gasteiger partial charge >= 0.3 is 5.97 Å². The molecule has 0 aromatic heterocycles. The normalized spacial score (nSPS) is 12.2. The van der Waals surface area contributed by atoms with Crippen LogP contribution < -0.4 is 0 Å². The van der Waals surface area contributed by atoms with Crippen molar-refractivity contribution in [3.8, 4) is 0 Å². The molecule has 1 aromatic carbocycles. The number of esters is 1. The van der Waals surface area contributed by atoms with Crippen molar-refractivity contribution in [2.24, 2.45) is 0 Å². The molecule has 0 aliphatic rings. The lowest BCUT2D eigenvalue weighted by atomic mass is 10.0. The van der Waals surface area contributed by atoms with E-state index in [-0.39, 0.29) is 6.61 Å². The predicted octanol–water partition coefficient (Wildman–Crippen LogP) is 1.90. The van der Waals surface area contributed by atoms with Crippen LogP contribution in [0, 0.1) is 0 Å². The average molecular weight is 270 g/mol. The molecule has 0 N–H and O–H groups in total. The monoisotopic (exact) mass is 270 g/mol. The van der Waals surface area contributed by atoms with Crippen LogP contribution in [0.25, 0.3) is 0 Å². The van der Waals surface area contributed by atoms with Crippen LogP contribution in [0.1, 0.15) is 26.3 Å². The van der Waals surface area contributed by atoms with Crippen LogP contribution >= 0.6 is 0 Å². The molecule has 0 fully saturated rings. The largest absolute Gasteiger partial charge is 0.465 e. The SMILES string of the molecule is CCOC(=O)CS(=O)(=O)C(C)(C)c1ccccc1. The first kappa shape index (κ1) is 14.7. The lowest BCUT2D eigenvalue weighted by Crippen LogP contribution is -2.34. The summed E-state index contributed by atoms with van der Waals surface area (Å²) in [6.45, 7) is 5.01. The van der Waals surface area contributed by atoms with E-state index in [2.05, 4.69) is 0 Å². The van der Waals surface area contributed by atoms with Crippen LogP contribution in [0.15, 0.2) is 30.3 Å². The molecule has 0 heterocycles. The van der Waals surface area contributed by atoms with Crippen LogP contribution in [-0.2, 0) is 24.1 Å². The molecule has 100 valence electrons. The Morgan fingerprint density at radius 3 is 2.28 bits per heavy atom. The van der Waals surface area contributed by atoms with Gasteiger partial charge in [-0.15, -0.1) is 0 Å². The van der Waals surface area contributed by atoms with Crippen molar-refractivity contribution in [3.63, 3.8) is 0 Å². The Labute approximate surface area is 108 Å². The zero-order chi connectivity index (χ0) is 13.8. The van der Waals surface area contributed by atoms with Gasteiger partial charge in [0, 0.05) is 0 Å². The van der Waals surface area contributed by atoms with Crippen molar-refractivity contribution in [3.05, 3.63) is 35.9 Å². The molecular weight excluding hydrogens is 252 g/mol. The van der Waals surface area contributed by atoms with Gasteiger partial charge in [0.25, 0.3) is 0 Å². The second kappa shape index (κ2) is 5.52. The van der Waals surface area contributed by atoms with Crippen molar-refractivity contribution in [1.29, 1.82) is 0 Å². The minimum absolute atomic E-state index is 0.181. The van der Waals surface area contributed by atoms with Crippen molar-refractivity contribution >= 4 is 15.8 Å². The Morgan fingerprint density at radius 1 is 1.22 bits per heavy atom. The summed E-state index contributed by atoms with van der Waals surface area (Å²) in [6.07, 6.45) is 0. The zero-order valence-electron chi connectivity index (χ0n) is 10.8. The highest BCUT2D eigenvalue weighted by atomic mass is 32.2. The quantitative estimate of drug-likeness (QED) is 0.767. The molecule has 0 spiro atoms. The van der Waals surface area contributed by atoms with Gasteiger partial charge < -0.3 is 4.74 Å². The number of carbonyl (C=O) groups excluding carboxylic acids is 1. The van der Waals surface area contributed by atoms with E-state index < -0.39 is 26.3 Å². The molecule has 5 heteroatoms. The van der Waals surface area contributed by atoms with Crippen molar-refractivity contribution in [1.82, 2.24) is 0 Å². The van der Waals surface area contributed by atoms with E-state index >= 15 is 0 Å². The van der Waals surface area contributed by atoms with Crippen LogP contribution in [0.4, 0.5) is 0 Å².